The van der Waals surface area contributed by atoms with Gasteiger partial charge in [-0.1, -0.05) is 17.7 Å². The second-order valence-corrected chi connectivity index (χ2v) is 6.01. The summed E-state index contributed by atoms with van der Waals surface area (Å²) in [5.41, 5.74) is 1.92. The molecule has 0 radical (unpaired) electrons. The van der Waals surface area contributed by atoms with Gasteiger partial charge in [0.15, 0.2) is 11.6 Å². The Morgan fingerprint density at radius 1 is 1.27 bits per heavy atom. The van der Waals surface area contributed by atoms with Crippen molar-refractivity contribution in [2.45, 2.75) is 13.0 Å². The molecule has 26 heavy (non-hydrogen) atoms. The molecule has 2 aromatic carbocycles. The topological polar surface area (TPSA) is 64.4 Å². The van der Waals surface area contributed by atoms with Gasteiger partial charge < -0.3 is 14.5 Å². The Kier molecular flexibility index (Phi) is 5.53. The molecular formula is C19H16ClFN2O3. The first-order valence-electron chi connectivity index (χ1n) is 7.84. The predicted octanol–water partition coefficient (Wildman–Crippen LogP) is 4.00. The smallest absolute Gasteiger partial charge is 0.226 e. The Labute approximate surface area is 154 Å². The number of carbonyl (C=O) groups is 1. The van der Waals surface area contributed by atoms with Gasteiger partial charge in [0.05, 0.1) is 19.2 Å². The third-order valence-corrected chi connectivity index (χ3v) is 3.94. The van der Waals surface area contributed by atoms with Crippen molar-refractivity contribution in [1.82, 2.24) is 10.3 Å². The van der Waals surface area contributed by atoms with Gasteiger partial charge in [0.25, 0.3) is 0 Å². The molecular weight excluding hydrogens is 359 g/mol. The molecule has 5 nitrogen and oxygen atoms in total. The molecule has 0 aliphatic carbocycles. The Balaban J connectivity index is 1.57. The van der Waals surface area contributed by atoms with Gasteiger partial charge >= 0.3 is 0 Å². The first-order chi connectivity index (χ1) is 12.5. The molecule has 134 valence electrons. The van der Waals surface area contributed by atoms with Gasteiger partial charge in [-0.25, -0.2) is 9.37 Å². The van der Waals surface area contributed by atoms with Gasteiger partial charge in [0.2, 0.25) is 11.8 Å². The molecule has 0 spiro atoms. The molecule has 0 saturated carbocycles. The van der Waals surface area contributed by atoms with E-state index in [0.717, 1.165) is 5.56 Å². The van der Waals surface area contributed by atoms with Gasteiger partial charge in [0, 0.05) is 17.1 Å². The van der Waals surface area contributed by atoms with E-state index >= 15 is 0 Å². The van der Waals surface area contributed by atoms with E-state index in [9.17, 15) is 9.18 Å². The summed E-state index contributed by atoms with van der Waals surface area (Å²) in [6, 6.07) is 11.6. The fraction of sp³-hybridized carbons (Fsp3) is 0.158. The lowest BCUT2D eigenvalue weighted by Crippen LogP contribution is -2.24. The summed E-state index contributed by atoms with van der Waals surface area (Å²) >= 11 is 5.85. The lowest BCUT2D eigenvalue weighted by molar-refractivity contribution is -0.120. The van der Waals surface area contributed by atoms with Crippen LogP contribution in [-0.4, -0.2) is 18.0 Å². The van der Waals surface area contributed by atoms with Crippen LogP contribution in [0.5, 0.6) is 5.75 Å². The van der Waals surface area contributed by atoms with E-state index in [2.05, 4.69) is 10.3 Å². The van der Waals surface area contributed by atoms with E-state index in [1.165, 1.54) is 25.5 Å². The number of methoxy groups -OCH3 is 1. The van der Waals surface area contributed by atoms with E-state index in [1.807, 2.05) is 0 Å². The molecule has 7 heteroatoms. The molecule has 0 fully saturated rings. The van der Waals surface area contributed by atoms with Crippen LogP contribution >= 0.6 is 11.6 Å². The Hall–Kier alpha value is -2.86. The SMILES string of the molecule is COc1ccc(CNC(=O)Cc2coc(-c3ccc(Cl)cc3)n2)cc1F. The van der Waals surface area contributed by atoms with E-state index in [4.69, 9.17) is 20.8 Å². The van der Waals surface area contributed by atoms with Crippen LogP contribution in [0.3, 0.4) is 0 Å². The van der Waals surface area contributed by atoms with E-state index < -0.39 is 5.82 Å². The average molecular weight is 375 g/mol. The van der Waals surface area contributed by atoms with Crippen LogP contribution in [0, 0.1) is 5.82 Å². The fourth-order valence-electron chi connectivity index (χ4n) is 2.36. The first kappa shape index (κ1) is 17.9. The number of rotatable bonds is 6. The molecule has 0 aliphatic heterocycles. The molecule has 1 amide bonds. The summed E-state index contributed by atoms with van der Waals surface area (Å²) in [7, 11) is 1.40. The summed E-state index contributed by atoms with van der Waals surface area (Å²) < 4.78 is 23.9. The highest BCUT2D eigenvalue weighted by Crippen LogP contribution is 2.21. The summed E-state index contributed by atoms with van der Waals surface area (Å²) in [6.07, 6.45) is 1.51. The van der Waals surface area contributed by atoms with Crippen LogP contribution in [0.2, 0.25) is 5.02 Å². The van der Waals surface area contributed by atoms with Gasteiger partial charge in [-0.3, -0.25) is 4.79 Å². The summed E-state index contributed by atoms with van der Waals surface area (Å²) in [4.78, 5) is 16.4. The van der Waals surface area contributed by atoms with Crippen molar-refractivity contribution in [1.29, 1.82) is 0 Å². The summed E-state index contributed by atoms with van der Waals surface area (Å²) in [5, 5.41) is 3.34. The maximum absolute atomic E-state index is 13.6. The zero-order valence-corrected chi connectivity index (χ0v) is 14.7. The van der Waals surface area contributed by atoms with Gasteiger partial charge in [-0.05, 0) is 42.0 Å². The lowest BCUT2D eigenvalue weighted by atomic mass is 10.2. The Morgan fingerprint density at radius 2 is 2.04 bits per heavy atom. The highest BCUT2D eigenvalue weighted by molar-refractivity contribution is 6.30. The van der Waals surface area contributed by atoms with Crippen LogP contribution in [0.25, 0.3) is 11.5 Å². The number of halogens is 2. The minimum atomic E-state index is -0.469. The molecule has 1 N–H and O–H groups in total. The Morgan fingerprint density at radius 3 is 2.73 bits per heavy atom. The number of benzene rings is 2. The third-order valence-electron chi connectivity index (χ3n) is 3.69. The first-order valence-corrected chi connectivity index (χ1v) is 8.22. The summed E-state index contributed by atoms with van der Waals surface area (Å²) in [5.74, 6) is -0.125. The molecule has 3 rings (SSSR count). The Bertz CT molecular complexity index is 909. The normalized spacial score (nSPS) is 10.6. The van der Waals surface area contributed by atoms with Crippen molar-refractivity contribution in [2.24, 2.45) is 0 Å². The maximum atomic E-state index is 13.6. The number of hydrogen-bond donors (Lipinski definition) is 1. The molecule has 1 heterocycles. The highest BCUT2D eigenvalue weighted by Gasteiger charge is 2.11. The van der Waals surface area contributed by atoms with Crippen LogP contribution in [0.15, 0.2) is 53.1 Å². The molecule has 0 saturated heterocycles. The quantitative estimate of drug-likeness (QED) is 0.708. The van der Waals surface area contributed by atoms with Gasteiger partial charge in [-0.15, -0.1) is 0 Å². The third kappa shape index (κ3) is 4.40. The largest absolute Gasteiger partial charge is 0.494 e. The van der Waals surface area contributed by atoms with Crippen molar-refractivity contribution in [3.05, 3.63) is 70.8 Å². The van der Waals surface area contributed by atoms with Crippen molar-refractivity contribution in [3.8, 4) is 17.2 Å². The predicted molar refractivity (Wildman–Crippen MR) is 95.5 cm³/mol. The van der Waals surface area contributed by atoms with E-state index in [0.29, 0.717) is 22.2 Å². The minimum absolute atomic E-state index is 0.0652. The van der Waals surface area contributed by atoms with Crippen molar-refractivity contribution < 1.29 is 18.3 Å². The molecule has 3 aromatic rings. The van der Waals surface area contributed by atoms with Crippen molar-refractivity contribution in [2.75, 3.05) is 7.11 Å². The van der Waals surface area contributed by atoms with Crippen LogP contribution in [-0.2, 0) is 17.8 Å². The van der Waals surface area contributed by atoms with Crippen molar-refractivity contribution >= 4 is 17.5 Å². The number of aromatic nitrogens is 1. The molecule has 0 atom stereocenters. The zero-order chi connectivity index (χ0) is 18.5. The minimum Gasteiger partial charge on any atom is -0.494 e. The lowest BCUT2D eigenvalue weighted by Gasteiger charge is -2.06. The second-order valence-electron chi connectivity index (χ2n) is 5.57. The molecule has 0 aliphatic rings. The number of carbonyl (C=O) groups excluding carboxylic acids is 1. The second kappa shape index (κ2) is 8.01. The van der Waals surface area contributed by atoms with Crippen LogP contribution in [0.1, 0.15) is 11.3 Å². The van der Waals surface area contributed by atoms with Crippen LogP contribution < -0.4 is 10.1 Å². The molecule has 0 bridgehead atoms. The number of hydrogen-bond acceptors (Lipinski definition) is 4. The number of nitrogens with one attached hydrogen (secondary N) is 1. The standard InChI is InChI=1S/C19H16ClFN2O3/c1-25-17-7-2-12(8-16(17)21)10-22-18(24)9-15-11-26-19(23-15)13-3-5-14(20)6-4-13/h2-8,11H,9-10H2,1H3,(H,22,24). The number of ether oxygens (including phenoxy) is 1. The van der Waals surface area contributed by atoms with Crippen LogP contribution in [0.4, 0.5) is 4.39 Å². The number of oxazole rings is 1. The summed E-state index contributed by atoms with van der Waals surface area (Å²) in [6.45, 7) is 0.210. The van der Waals surface area contributed by atoms with E-state index in [-0.39, 0.29) is 24.6 Å². The highest BCUT2D eigenvalue weighted by atomic mass is 35.5. The van der Waals surface area contributed by atoms with E-state index in [1.54, 1.807) is 30.3 Å². The average Bonchev–Trinajstić information content (AvgIpc) is 3.09. The van der Waals surface area contributed by atoms with Crippen molar-refractivity contribution in [3.63, 3.8) is 0 Å². The maximum Gasteiger partial charge on any atom is 0.226 e. The zero-order valence-electron chi connectivity index (χ0n) is 14.0. The monoisotopic (exact) mass is 374 g/mol. The fourth-order valence-corrected chi connectivity index (χ4v) is 2.49. The van der Waals surface area contributed by atoms with Gasteiger partial charge in [-0.2, -0.15) is 0 Å². The van der Waals surface area contributed by atoms with Gasteiger partial charge in [0.1, 0.15) is 6.26 Å². The number of amides is 1. The molecule has 0 unspecified atom stereocenters. The molecule has 1 aromatic heterocycles. The number of nitrogens with zero attached hydrogens (tertiary/aromatic N) is 1.